The van der Waals surface area contributed by atoms with Gasteiger partial charge in [-0.15, -0.1) is 0 Å². The molecule has 0 amide bonds. The number of anilines is 4. The maximum atomic E-state index is 6.20. The van der Waals surface area contributed by atoms with Crippen molar-refractivity contribution in [2.75, 3.05) is 10.6 Å². The Balaban J connectivity index is 1.59. The van der Waals surface area contributed by atoms with E-state index >= 15 is 0 Å². The smallest absolute Gasteiger partial charge is 0.175 e. The van der Waals surface area contributed by atoms with Crippen molar-refractivity contribution < 1.29 is 0 Å². The summed E-state index contributed by atoms with van der Waals surface area (Å²) in [5.41, 5.74) is 4.12. The minimum absolute atomic E-state index is 0.456. The van der Waals surface area contributed by atoms with Crippen LogP contribution in [0.15, 0.2) is 78.9 Å². The van der Waals surface area contributed by atoms with E-state index < -0.39 is 0 Å². The molecule has 0 unspecified atom stereocenters. The summed E-state index contributed by atoms with van der Waals surface area (Å²) < 4.78 is 1.84. The summed E-state index contributed by atoms with van der Waals surface area (Å²) in [5, 5.41) is 12.3. The van der Waals surface area contributed by atoms with E-state index in [1.54, 1.807) is 12.1 Å². The summed E-state index contributed by atoms with van der Waals surface area (Å²) in [4.78, 5) is 9.60. The van der Waals surface area contributed by atoms with Gasteiger partial charge >= 0.3 is 0 Å². The van der Waals surface area contributed by atoms with E-state index in [4.69, 9.17) is 33.2 Å². The molecular weight excluding hydrogens is 443 g/mol. The number of nitrogens with zero attached hydrogens (tertiary/aromatic N) is 4. The molecule has 2 aromatic heterocycles. The van der Waals surface area contributed by atoms with Crippen LogP contribution in [0, 0.1) is 6.92 Å². The zero-order valence-corrected chi connectivity index (χ0v) is 18.6. The Morgan fingerprint density at radius 2 is 1.38 bits per heavy atom. The summed E-state index contributed by atoms with van der Waals surface area (Å²) in [6, 6.07) is 24.9. The predicted molar refractivity (Wildman–Crippen MR) is 131 cm³/mol. The first kappa shape index (κ1) is 20.3. The molecule has 0 radical (unpaired) electrons. The van der Waals surface area contributed by atoms with Crippen LogP contribution < -0.4 is 10.6 Å². The van der Waals surface area contributed by atoms with E-state index in [2.05, 4.69) is 15.7 Å². The van der Waals surface area contributed by atoms with Crippen LogP contribution in [-0.4, -0.2) is 19.7 Å². The summed E-state index contributed by atoms with van der Waals surface area (Å²) in [6.07, 6.45) is 0. The largest absolute Gasteiger partial charge is 0.337 e. The number of aromatic nitrogens is 4. The highest BCUT2D eigenvalue weighted by atomic mass is 35.5. The van der Waals surface area contributed by atoms with Gasteiger partial charge in [-0.3, -0.25) is 0 Å². The molecule has 2 N–H and O–H groups in total. The van der Waals surface area contributed by atoms with Crippen molar-refractivity contribution in [1.29, 1.82) is 0 Å². The molecule has 3 aromatic carbocycles. The van der Waals surface area contributed by atoms with Gasteiger partial charge in [0, 0.05) is 11.8 Å². The minimum Gasteiger partial charge on any atom is -0.337 e. The molecular formula is C24H18Cl2N6. The maximum Gasteiger partial charge on any atom is 0.175 e. The summed E-state index contributed by atoms with van der Waals surface area (Å²) in [5.74, 6) is 1.89. The monoisotopic (exact) mass is 460 g/mol. The zero-order valence-electron chi connectivity index (χ0n) is 17.1. The van der Waals surface area contributed by atoms with E-state index in [0.717, 1.165) is 33.9 Å². The lowest BCUT2D eigenvalue weighted by Gasteiger charge is -2.15. The van der Waals surface area contributed by atoms with Crippen LogP contribution in [0.5, 0.6) is 0 Å². The molecule has 2 heterocycles. The average Bonchev–Trinajstić information content (AvgIpc) is 3.17. The van der Waals surface area contributed by atoms with Crippen molar-refractivity contribution in [1.82, 2.24) is 19.7 Å². The predicted octanol–water partition coefficient (Wildman–Crippen LogP) is 6.92. The Morgan fingerprint density at radius 1 is 0.719 bits per heavy atom. The van der Waals surface area contributed by atoms with E-state index in [0.29, 0.717) is 21.7 Å². The molecule has 5 aromatic rings. The van der Waals surface area contributed by atoms with Crippen molar-refractivity contribution in [2.24, 2.45) is 0 Å². The van der Waals surface area contributed by atoms with Crippen molar-refractivity contribution in [3.05, 3.63) is 94.6 Å². The number of halogens is 2. The Labute approximate surface area is 194 Å². The lowest BCUT2D eigenvalue weighted by atomic mass is 10.3. The van der Waals surface area contributed by atoms with Gasteiger partial charge in [-0.2, -0.15) is 5.10 Å². The van der Waals surface area contributed by atoms with Crippen LogP contribution in [0.25, 0.3) is 16.7 Å². The number of para-hydroxylation sites is 3. The second kappa shape index (κ2) is 8.49. The molecule has 0 spiro atoms. The highest BCUT2D eigenvalue weighted by Crippen LogP contribution is 2.31. The van der Waals surface area contributed by atoms with Crippen LogP contribution in [-0.2, 0) is 0 Å². The second-order valence-electron chi connectivity index (χ2n) is 7.21. The molecule has 0 atom stereocenters. The number of benzene rings is 3. The second-order valence-corrected chi connectivity index (χ2v) is 8.02. The summed E-state index contributed by atoms with van der Waals surface area (Å²) in [7, 11) is 0. The van der Waals surface area contributed by atoms with Gasteiger partial charge in [0.1, 0.15) is 5.82 Å². The van der Waals surface area contributed by atoms with Gasteiger partial charge in [0.15, 0.2) is 11.6 Å². The highest BCUT2D eigenvalue weighted by molar-refractivity contribution is 6.42. The first-order valence-corrected chi connectivity index (χ1v) is 10.7. The average molecular weight is 461 g/mol. The number of fused-ring (bicyclic) bond motifs is 1. The number of aryl methyl sites for hydroxylation is 1. The van der Waals surface area contributed by atoms with E-state index in [1.807, 2.05) is 78.3 Å². The molecule has 0 fully saturated rings. The maximum absolute atomic E-state index is 6.20. The minimum atomic E-state index is 0.456. The molecule has 8 heteroatoms. The third-order valence-corrected chi connectivity index (χ3v) is 5.57. The van der Waals surface area contributed by atoms with Crippen molar-refractivity contribution in [2.45, 2.75) is 6.92 Å². The number of hydrogen-bond acceptors (Lipinski definition) is 5. The standard InChI is InChI=1S/C24H18Cl2N6/c1-15-13-22(32(31-15)17-7-3-2-4-8-17)30-24-23(27-16-11-12-18(25)19(26)14-16)28-20-9-5-6-10-21(20)29-24/h2-14H,1H3,(H,27,28)(H,29,30). The van der Waals surface area contributed by atoms with Crippen LogP contribution in [0.1, 0.15) is 5.69 Å². The molecule has 32 heavy (non-hydrogen) atoms. The molecule has 5 rings (SSSR count). The van der Waals surface area contributed by atoms with Gasteiger partial charge < -0.3 is 10.6 Å². The van der Waals surface area contributed by atoms with Crippen LogP contribution >= 0.6 is 23.2 Å². The van der Waals surface area contributed by atoms with Crippen LogP contribution in [0.4, 0.5) is 23.1 Å². The fourth-order valence-corrected chi connectivity index (χ4v) is 3.66. The van der Waals surface area contributed by atoms with Crippen molar-refractivity contribution in [3.63, 3.8) is 0 Å². The van der Waals surface area contributed by atoms with Gasteiger partial charge in [-0.05, 0) is 49.4 Å². The molecule has 0 aliphatic heterocycles. The van der Waals surface area contributed by atoms with Crippen LogP contribution in [0.2, 0.25) is 10.0 Å². The molecule has 158 valence electrons. The third-order valence-electron chi connectivity index (χ3n) is 4.83. The fourth-order valence-electron chi connectivity index (χ4n) is 3.36. The molecule has 0 saturated heterocycles. The number of hydrogen-bond donors (Lipinski definition) is 2. The van der Waals surface area contributed by atoms with Crippen molar-refractivity contribution >= 4 is 57.4 Å². The normalized spacial score (nSPS) is 11.0. The van der Waals surface area contributed by atoms with Crippen molar-refractivity contribution in [3.8, 4) is 5.69 Å². The zero-order chi connectivity index (χ0) is 22.1. The summed E-state index contributed by atoms with van der Waals surface area (Å²) >= 11 is 12.3. The lowest BCUT2D eigenvalue weighted by molar-refractivity contribution is 0.868. The SMILES string of the molecule is Cc1cc(Nc2nc3ccccc3nc2Nc2ccc(Cl)c(Cl)c2)n(-c2ccccc2)n1. The highest BCUT2D eigenvalue weighted by Gasteiger charge is 2.14. The Hall–Kier alpha value is -3.61. The first-order valence-electron chi connectivity index (χ1n) is 9.95. The molecule has 0 saturated carbocycles. The van der Waals surface area contributed by atoms with Gasteiger partial charge in [-0.1, -0.05) is 53.5 Å². The van der Waals surface area contributed by atoms with E-state index in [1.165, 1.54) is 0 Å². The van der Waals surface area contributed by atoms with Gasteiger partial charge in [0.05, 0.1) is 32.5 Å². The van der Waals surface area contributed by atoms with Gasteiger partial charge in [-0.25, -0.2) is 14.6 Å². The molecule has 0 aliphatic carbocycles. The lowest BCUT2D eigenvalue weighted by Crippen LogP contribution is -2.07. The van der Waals surface area contributed by atoms with E-state index in [-0.39, 0.29) is 0 Å². The van der Waals surface area contributed by atoms with Gasteiger partial charge in [0.2, 0.25) is 0 Å². The van der Waals surface area contributed by atoms with Crippen LogP contribution in [0.3, 0.4) is 0 Å². The molecule has 0 aliphatic rings. The third kappa shape index (κ3) is 4.10. The Morgan fingerprint density at radius 3 is 2.06 bits per heavy atom. The molecule has 6 nitrogen and oxygen atoms in total. The molecule has 0 bridgehead atoms. The van der Waals surface area contributed by atoms with E-state index in [9.17, 15) is 0 Å². The first-order chi connectivity index (χ1) is 15.6. The number of rotatable bonds is 5. The fraction of sp³-hybridized carbons (Fsp3) is 0.0417. The number of nitrogens with one attached hydrogen (secondary N) is 2. The van der Waals surface area contributed by atoms with Gasteiger partial charge in [0.25, 0.3) is 0 Å². The summed E-state index contributed by atoms with van der Waals surface area (Å²) in [6.45, 7) is 1.95. The topological polar surface area (TPSA) is 67.7 Å². The quantitative estimate of drug-likeness (QED) is 0.298. The Bertz CT molecular complexity index is 1420. The Kier molecular flexibility index (Phi) is 5.39.